The molecular formula is C47H35N. The highest BCUT2D eigenvalue weighted by atomic mass is 15.1. The number of benzene rings is 8. The molecule has 228 valence electrons. The summed E-state index contributed by atoms with van der Waals surface area (Å²) < 4.78 is 0. The van der Waals surface area contributed by atoms with Crippen LogP contribution in [0.15, 0.2) is 176 Å². The Balaban J connectivity index is 1.27. The van der Waals surface area contributed by atoms with Crippen molar-refractivity contribution in [1.29, 1.82) is 0 Å². The fraction of sp³-hybridized carbons (Fsp3) is 0.0638. The van der Waals surface area contributed by atoms with Gasteiger partial charge in [0.15, 0.2) is 0 Å². The zero-order valence-electron chi connectivity index (χ0n) is 27.2. The van der Waals surface area contributed by atoms with E-state index in [-0.39, 0.29) is 5.41 Å². The SMILES string of the molecule is CC1(C)c2ccccc2-c2c1c1ccc(N(c3ccc(-c4ccccc4)cc3)c3cccc(-c4ccccc4)c3)cc1c1ccccc21. The molecule has 0 saturated carbocycles. The maximum atomic E-state index is 2.41. The minimum atomic E-state index is -0.104. The Hall–Kier alpha value is -5.92. The first-order chi connectivity index (χ1) is 23.6. The van der Waals surface area contributed by atoms with E-state index in [1.807, 2.05) is 0 Å². The first-order valence-electron chi connectivity index (χ1n) is 16.8. The molecule has 0 atom stereocenters. The van der Waals surface area contributed by atoms with E-state index in [0.717, 1.165) is 17.1 Å². The molecule has 0 aromatic heterocycles. The molecule has 0 aliphatic heterocycles. The summed E-state index contributed by atoms with van der Waals surface area (Å²) in [6.07, 6.45) is 0. The Bertz CT molecular complexity index is 2460. The number of anilines is 3. The van der Waals surface area contributed by atoms with Crippen molar-refractivity contribution in [3.8, 4) is 33.4 Å². The third-order valence-corrected chi connectivity index (χ3v) is 10.2. The van der Waals surface area contributed by atoms with Crippen molar-refractivity contribution in [3.63, 3.8) is 0 Å². The third kappa shape index (κ3) is 4.47. The summed E-state index contributed by atoms with van der Waals surface area (Å²) in [4.78, 5) is 2.41. The van der Waals surface area contributed by atoms with Crippen LogP contribution in [0.2, 0.25) is 0 Å². The molecule has 0 saturated heterocycles. The fourth-order valence-corrected chi connectivity index (χ4v) is 7.96. The Morgan fingerprint density at radius 2 is 0.938 bits per heavy atom. The lowest BCUT2D eigenvalue weighted by Gasteiger charge is -2.28. The lowest BCUT2D eigenvalue weighted by atomic mass is 9.79. The molecule has 1 heteroatoms. The van der Waals surface area contributed by atoms with E-state index in [9.17, 15) is 0 Å². The van der Waals surface area contributed by atoms with E-state index in [1.165, 1.54) is 66.1 Å². The van der Waals surface area contributed by atoms with Crippen molar-refractivity contribution in [2.24, 2.45) is 0 Å². The number of hydrogen-bond acceptors (Lipinski definition) is 1. The predicted molar refractivity (Wildman–Crippen MR) is 205 cm³/mol. The molecular weight excluding hydrogens is 579 g/mol. The lowest BCUT2D eigenvalue weighted by molar-refractivity contribution is 0.666. The van der Waals surface area contributed by atoms with E-state index in [0.29, 0.717) is 0 Å². The van der Waals surface area contributed by atoms with Crippen LogP contribution in [0.4, 0.5) is 17.1 Å². The van der Waals surface area contributed by atoms with Crippen LogP contribution in [0.1, 0.15) is 25.0 Å². The van der Waals surface area contributed by atoms with Gasteiger partial charge in [-0.1, -0.05) is 153 Å². The van der Waals surface area contributed by atoms with Gasteiger partial charge in [-0.2, -0.15) is 0 Å². The average Bonchev–Trinajstić information content (AvgIpc) is 3.40. The number of nitrogens with zero attached hydrogens (tertiary/aromatic N) is 1. The van der Waals surface area contributed by atoms with Crippen LogP contribution in [0.5, 0.6) is 0 Å². The van der Waals surface area contributed by atoms with Gasteiger partial charge >= 0.3 is 0 Å². The summed E-state index contributed by atoms with van der Waals surface area (Å²) >= 11 is 0. The van der Waals surface area contributed by atoms with Gasteiger partial charge in [-0.15, -0.1) is 0 Å². The van der Waals surface area contributed by atoms with Crippen LogP contribution in [-0.2, 0) is 5.41 Å². The summed E-state index contributed by atoms with van der Waals surface area (Å²) in [6, 6.07) is 64.2. The van der Waals surface area contributed by atoms with Gasteiger partial charge in [0.1, 0.15) is 0 Å². The van der Waals surface area contributed by atoms with Crippen molar-refractivity contribution in [1.82, 2.24) is 0 Å². The largest absolute Gasteiger partial charge is 0.310 e. The van der Waals surface area contributed by atoms with Gasteiger partial charge in [-0.05, 0) is 102 Å². The highest BCUT2D eigenvalue weighted by Gasteiger charge is 2.38. The van der Waals surface area contributed by atoms with Gasteiger partial charge in [-0.3, -0.25) is 0 Å². The van der Waals surface area contributed by atoms with Gasteiger partial charge in [0.25, 0.3) is 0 Å². The Kier molecular flexibility index (Phi) is 6.55. The second-order valence-corrected chi connectivity index (χ2v) is 13.4. The third-order valence-electron chi connectivity index (χ3n) is 10.2. The maximum Gasteiger partial charge on any atom is 0.0468 e. The molecule has 8 aromatic rings. The molecule has 0 unspecified atom stereocenters. The van der Waals surface area contributed by atoms with Gasteiger partial charge in [-0.25, -0.2) is 0 Å². The molecule has 0 spiro atoms. The highest BCUT2D eigenvalue weighted by molar-refractivity contribution is 6.19. The van der Waals surface area contributed by atoms with Gasteiger partial charge in [0, 0.05) is 22.5 Å². The van der Waals surface area contributed by atoms with Crippen LogP contribution in [-0.4, -0.2) is 0 Å². The van der Waals surface area contributed by atoms with Crippen molar-refractivity contribution < 1.29 is 0 Å². The Morgan fingerprint density at radius 1 is 0.375 bits per heavy atom. The average molecular weight is 614 g/mol. The van der Waals surface area contributed by atoms with Crippen LogP contribution in [0.3, 0.4) is 0 Å². The lowest BCUT2D eigenvalue weighted by Crippen LogP contribution is -2.15. The first kappa shape index (κ1) is 28.3. The van der Waals surface area contributed by atoms with Gasteiger partial charge < -0.3 is 4.90 Å². The van der Waals surface area contributed by atoms with E-state index >= 15 is 0 Å². The molecule has 8 aromatic carbocycles. The van der Waals surface area contributed by atoms with Gasteiger partial charge in [0.05, 0.1) is 0 Å². The summed E-state index contributed by atoms with van der Waals surface area (Å²) in [6.45, 7) is 4.77. The molecule has 0 radical (unpaired) electrons. The molecule has 1 aliphatic carbocycles. The van der Waals surface area contributed by atoms with Crippen LogP contribution in [0, 0.1) is 0 Å². The summed E-state index contributed by atoms with van der Waals surface area (Å²) in [7, 11) is 0. The topological polar surface area (TPSA) is 3.24 Å². The zero-order valence-corrected chi connectivity index (χ0v) is 27.2. The van der Waals surface area contributed by atoms with Crippen LogP contribution < -0.4 is 4.90 Å². The molecule has 1 nitrogen and oxygen atoms in total. The summed E-state index contributed by atoms with van der Waals surface area (Å²) in [5, 5.41) is 5.22. The zero-order chi connectivity index (χ0) is 32.2. The standard InChI is InChI=1S/C47H35N/c1-47(2)44-23-12-11-22-42(44)45-40-21-10-9-20-39(40)43-31-38(28-29-41(43)46(45)47)48(36-26-24-34(25-27-36)32-14-5-3-6-15-32)37-19-13-18-35(30-37)33-16-7-4-8-17-33/h3-31H,1-2H3. The molecule has 1 aliphatic rings. The molecule has 0 bridgehead atoms. The smallest absolute Gasteiger partial charge is 0.0468 e. The quantitative estimate of drug-likeness (QED) is 0.175. The summed E-state index contributed by atoms with van der Waals surface area (Å²) in [5.74, 6) is 0. The minimum absolute atomic E-state index is 0.104. The monoisotopic (exact) mass is 613 g/mol. The van der Waals surface area contributed by atoms with Crippen molar-refractivity contribution >= 4 is 38.6 Å². The van der Waals surface area contributed by atoms with E-state index < -0.39 is 0 Å². The van der Waals surface area contributed by atoms with Crippen molar-refractivity contribution in [2.75, 3.05) is 4.90 Å². The molecule has 0 heterocycles. The normalized spacial score (nSPS) is 13.0. The molecule has 9 rings (SSSR count). The number of hydrogen-bond donors (Lipinski definition) is 0. The van der Waals surface area contributed by atoms with Crippen molar-refractivity contribution in [3.05, 3.63) is 187 Å². The van der Waals surface area contributed by atoms with E-state index in [1.54, 1.807) is 0 Å². The Labute approximate surface area is 282 Å². The Morgan fingerprint density at radius 3 is 1.69 bits per heavy atom. The molecule has 0 fully saturated rings. The summed E-state index contributed by atoms with van der Waals surface area (Å²) in [5.41, 5.74) is 13.7. The highest BCUT2D eigenvalue weighted by Crippen LogP contribution is 2.55. The number of rotatable bonds is 5. The predicted octanol–water partition coefficient (Wildman–Crippen LogP) is 13.1. The van der Waals surface area contributed by atoms with Gasteiger partial charge in [0.2, 0.25) is 0 Å². The second-order valence-electron chi connectivity index (χ2n) is 13.4. The first-order valence-corrected chi connectivity index (χ1v) is 16.8. The van der Waals surface area contributed by atoms with E-state index in [2.05, 4.69) is 195 Å². The number of fused-ring (bicyclic) bond motifs is 8. The maximum absolute atomic E-state index is 2.41. The second kappa shape index (κ2) is 11.1. The fourth-order valence-electron chi connectivity index (χ4n) is 7.96. The van der Waals surface area contributed by atoms with Crippen molar-refractivity contribution in [2.45, 2.75) is 19.3 Å². The van der Waals surface area contributed by atoms with Crippen LogP contribution >= 0.6 is 0 Å². The van der Waals surface area contributed by atoms with Crippen LogP contribution in [0.25, 0.3) is 54.9 Å². The molecule has 0 N–H and O–H groups in total. The molecule has 0 amide bonds. The van der Waals surface area contributed by atoms with E-state index in [4.69, 9.17) is 0 Å². The molecule has 48 heavy (non-hydrogen) atoms. The minimum Gasteiger partial charge on any atom is -0.310 e.